The number of rotatable bonds is 4. The molecule has 15 heavy (non-hydrogen) atoms. The molecule has 1 saturated heterocycles. The first-order valence-corrected chi connectivity index (χ1v) is 5.57. The Morgan fingerprint density at radius 2 is 2.07 bits per heavy atom. The fourth-order valence-electron chi connectivity index (χ4n) is 1.87. The summed E-state index contributed by atoms with van der Waals surface area (Å²) in [6, 6.07) is 11.1. The van der Waals surface area contributed by atoms with Gasteiger partial charge in [0.2, 0.25) is 0 Å². The highest BCUT2D eigenvalue weighted by Crippen LogP contribution is 2.37. The highest BCUT2D eigenvalue weighted by molar-refractivity contribution is 5.24. The molecule has 0 N–H and O–H groups in total. The third-order valence-corrected chi connectivity index (χ3v) is 3.21. The van der Waals surface area contributed by atoms with Gasteiger partial charge in [0.25, 0.3) is 0 Å². The first-order valence-electron chi connectivity index (χ1n) is 5.57. The molecule has 79 valence electrons. The minimum atomic E-state index is -0.155. The molecule has 1 saturated carbocycles. The van der Waals surface area contributed by atoms with Crippen molar-refractivity contribution in [1.29, 1.82) is 0 Å². The Labute approximate surface area is 90.2 Å². The minimum absolute atomic E-state index is 0.155. The summed E-state index contributed by atoms with van der Waals surface area (Å²) in [5.41, 5.74) is 1.07. The van der Waals surface area contributed by atoms with Crippen molar-refractivity contribution >= 4 is 0 Å². The summed E-state index contributed by atoms with van der Waals surface area (Å²) >= 11 is 0. The predicted molar refractivity (Wildman–Crippen MR) is 56.5 cm³/mol. The van der Waals surface area contributed by atoms with Gasteiger partial charge in [0.05, 0.1) is 19.8 Å². The standard InChI is InChI=1S/C13H15O2/c1-2-4-12(5-3-1)13(9-14-10-13)15-8-11-6-7-11/h2-5,11H,6-10H2. The molecule has 2 fully saturated rings. The quantitative estimate of drug-likeness (QED) is 0.746. The molecule has 1 aliphatic carbocycles. The van der Waals surface area contributed by atoms with Crippen LogP contribution in [0, 0.1) is 12.0 Å². The highest BCUT2D eigenvalue weighted by atomic mass is 16.6. The van der Waals surface area contributed by atoms with E-state index >= 15 is 0 Å². The fourth-order valence-corrected chi connectivity index (χ4v) is 1.87. The first kappa shape index (κ1) is 9.37. The lowest BCUT2D eigenvalue weighted by Gasteiger charge is -2.41. The van der Waals surface area contributed by atoms with Crippen molar-refractivity contribution in [2.24, 2.45) is 5.92 Å². The van der Waals surface area contributed by atoms with Crippen LogP contribution in [0.2, 0.25) is 0 Å². The van der Waals surface area contributed by atoms with Crippen LogP contribution in [0.5, 0.6) is 0 Å². The van der Waals surface area contributed by atoms with Crippen LogP contribution in [-0.4, -0.2) is 19.8 Å². The van der Waals surface area contributed by atoms with E-state index in [0.29, 0.717) is 13.2 Å². The van der Waals surface area contributed by atoms with Crippen LogP contribution in [0.3, 0.4) is 0 Å². The van der Waals surface area contributed by atoms with Crippen LogP contribution in [0.4, 0.5) is 0 Å². The fraction of sp³-hybridized carbons (Fsp3) is 0.538. The lowest BCUT2D eigenvalue weighted by atomic mass is 9.92. The lowest BCUT2D eigenvalue weighted by molar-refractivity contribution is -0.218. The van der Waals surface area contributed by atoms with Crippen molar-refractivity contribution in [2.75, 3.05) is 19.8 Å². The number of ether oxygens (including phenoxy) is 2. The number of hydrogen-bond acceptors (Lipinski definition) is 2. The molecule has 0 aromatic heterocycles. The summed E-state index contributed by atoms with van der Waals surface area (Å²) in [6.45, 7) is 2.29. The van der Waals surface area contributed by atoms with Gasteiger partial charge in [-0.15, -0.1) is 0 Å². The second kappa shape index (κ2) is 3.62. The summed E-state index contributed by atoms with van der Waals surface area (Å²) < 4.78 is 11.3. The van der Waals surface area contributed by atoms with Crippen LogP contribution < -0.4 is 0 Å². The van der Waals surface area contributed by atoms with Crippen molar-refractivity contribution < 1.29 is 9.47 Å². The number of hydrogen-bond donors (Lipinski definition) is 0. The summed E-state index contributed by atoms with van der Waals surface area (Å²) in [7, 11) is 0. The Balaban J connectivity index is 1.73. The molecule has 1 radical (unpaired) electrons. The first-order chi connectivity index (χ1) is 7.39. The molecule has 2 nitrogen and oxygen atoms in total. The molecular weight excluding hydrogens is 188 g/mol. The van der Waals surface area contributed by atoms with Gasteiger partial charge in [0.15, 0.2) is 0 Å². The molecule has 1 heterocycles. The van der Waals surface area contributed by atoms with E-state index in [1.807, 2.05) is 12.1 Å². The van der Waals surface area contributed by atoms with E-state index in [4.69, 9.17) is 9.47 Å². The highest BCUT2D eigenvalue weighted by Gasteiger charge is 2.42. The Kier molecular flexibility index (Phi) is 2.26. The molecule has 1 aliphatic heterocycles. The van der Waals surface area contributed by atoms with Crippen molar-refractivity contribution in [1.82, 2.24) is 0 Å². The van der Waals surface area contributed by atoms with Gasteiger partial charge in [0.1, 0.15) is 5.60 Å². The second-order valence-corrected chi connectivity index (χ2v) is 4.53. The molecule has 0 unspecified atom stereocenters. The molecule has 3 rings (SSSR count). The second-order valence-electron chi connectivity index (χ2n) is 4.53. The smallest absolute Gasteiger partial charge is 0.139 e. The lowest BCUT2D eigenvalue weighted by Crippen LogP contribution is -2.49. The minimum Gasteiger partial charge on any atom is -0.375 e. The Morgan fingerprint density at radius 1 is 1.33 bits per heavy atom. The molecule has 0 atom stereocenters. The molecule has 0 spiro atoms. The van der Waals surface area contributed by atoms with Gasteiger partial charge in [-0.25, -0.2) is 0 Å². The van der Waals surface area contributed by atoms with E-state index in [-0.39, 0.29) is 5.60 Å². The van der Waals surface area contributed by atoms with Crippen molar-refractivity contribution in [3.63, 3.8) is 0 Å². The van der Waals surface area contributed by atoms with Gasteiger partial charge in [-0.05, 0) is 30.4 Å². The van der Waals surface area contributed by atoms with Crippen LogP contribution in [0.25, 0.3) is 0 Å². The van der Waals surface area contributed by atoms with Crippen LogP contribution in [-0.2, 0) is 15.1 Å². The average Bonchev–Trinajstić information content (AvgIpc) is 3.02. The third-order valence-electron chi connectivity index (χ3n) is 3.21. The Hall–Kier alpha value is -0.860. The monoisotopic (exact) mass is 203 g/mol. The summed E-state index contributed by atoms with van der Waals surface area (Å²) in [4.78, 5) is 0. The maximum absolute atomic E-state index is 6.04. The van der Waals surface area contributed by atoms with Gasteiger partial charge in [-0.1, -0.05) is 24.3 Å². The molecule has 2 aliphatic rings. The van der Waals surface area contributed by atoms with E-state index in [9.17, 15) is 0 Å². The molecular formula is C13H15O2. The van der Waals surface area contributed by atoms with Gasteiger partial charge in [-0.3, -0.25) is 0 Å². The normalized spacial score (nSPS) is 23.5. The topological polar surface area (TPSA) is 18.5 Å². The Bertz CT molecular complexity index is 326. The van der Waals surface area contributed by atoms with E-state index in [1.54, 1.807) is 0 Å². The number of benzene rings is 1. The van der Waals surface area contributed by atoms with Crippen LogP contribution in [0.15, 0.2) is 24.3 Å². The van der Waals surface area contributed by atoms with Gasteiger partial charge in [0, 0.05) is 0 Å². The summed E-state index contributed by atoms with van der Waals surface area (Å²) in [5.74, 6) is 0.803. The van der Waals surface area contributed by atoms with Gasteiger partial charge < -0.3 is 9.47 Å². The molecule has 1 aromatic carbocycles. The zero-order chi connectivity index (χ0) is 10.1. The third kappa shape index (κ3) is 1.80. The molecule has 0 bridgehead atoms. The van der Waals surface area contributed by atoms with E-state index in [0.717, 1.165) is 12.5 Å². The summed E-state index contributed by atoms with van der Waals surface area (Å²) in [5, 5.41) is 0. The largest absolute Gasteiger partial charge is 0.375 e. The Morgan fingerprint density at radius 3 is 2.60 bits per heavy atom. The average molecular weight is 203 g/mol. The molecule has 2 heteroatoms. The van der Waals surface area contributed by atoms with E-state index in [1.165, 1.54) is 18.4 Å². The zero-order valence-electron chi connectivity index (χ0n) is 8.74. The van der Waals surface area contributed by atoms with E-state index in [2.05, 4.69) is 18.2 Å². The van der Waals surface area contributed by atoms with Crippen LogP contribution >= 0.6 is 0 Å². The van der Waals surface area contributed by atoms with E-state index < -0.39 is 0 Å². The van der Waals surface area contributed by atoms with Gasteiger partial charge >= 0.3 is 0 Å². The zero-order valence-corrected chi connectivity index (χ0v) is 8.74. The predicted octanol–water partition coefficient (Wildman–Crippen LogP) is 2.14. The van der Waals surface area contributed by atoms with Crippen molar-refractivity contribution in [3.8, 4) is 0 Å². The maximum atomic E-state index is 6.04. The van der Waals surface area contributed by atoms with Crippen molar-refractivity contribution in [3.05, 3.63) is 35.9 Å². The van der Waals surface area contributed by atoms with Crippen molar-refractivity contribution in [2.45, 2.75) is 18.4 Å². The maximum Gasteiger partial charge on any atom is 0.139 e. The van der Waals surface area contributed by atoms with Gasteiger partial charge in [-0.2, -0.15) is 0 Å². The SMILES string of the molecule is [c]1ccc(C2(OCC3CC3)COC2)cc1. The molecule has 1 aromatic rings. The molecule has 0 amide bonds. The summed E-state index contributed by atoms with van der Waals surface area (Å²) in [6.07, 6.45) is 2.67. The van der Waals surface area contributed by atoms with Crippen LogP contribution in [0.1, 0.15) is 18.4 Å².